The molecule has 0 fully saturated rings. The summed E-state index contributed by atoms with van der Waals surface area (Å²) in [6.07, 6.45) is 0. The smallest absolute Gasteiger partial charge is 0.261 e. The largest absolute Gasteiger partial charge is 0.493 e. The van der Waals surface area contributed by atoms with Crippen molar-refractivity contribution in [3.63, 3.8) is 0 Å². The van der Waals surface area contributed by atoms with Gasteiger partial charge in [0.15, 0.2) is 17.3 Å². The maximum Gasteiger partial charge on any atom is 0.261 e. The van der Waals surface area contributed by atoms with E-state index >= 15 is 0 Å². The maximum atomic E-state index is 6.15. The molecule has 1 atom stereocenters. The zero-order valence-corrected chi connectivity index (χ0v) is 13.0. The number of aromatic nitrogens is 2. The lowest BCUT2D eigenvalue weighted by Gasteiger charge is -2.23. The number of para-hydroxylation sites is 1. The second-order valence-electron chi connectivity index (χ2n) is 5.84. The van der Waals surface area contributed by atoms with Gasteiger partial charge in [-0.3, -0.25) is 0 Å². The fraction of sp³-hybridized carbons (Fsp3) is 0.467. The zero-order chi connectivity index (χ0) is 15.6. The van der Waals surface area contributed by atoms with E-state index in [0.717, 1.165) is 0 Å². The third-order valence-corrected chi connectivity index (χ3v) is 3.29. The first-order valence-corrected chi connectivity index (χ1v) is 6.69. The van der Waals surface area contributed by atoms with Crippen molar-refractivity contribution in [3.05, 3.63) is 24.0 Å². The van der Waals surface area contributed by atoms with Crippen molar-refractivity contribution in [1.82, 2.24) is 10.1 Å². The van der Waals surface area contributed by atoms with E-state index in [1.165, 1.54) is 0 Å². The Morgan fingerprint density at radius 1 is 1.19 bits per heavy atom. The van der Waals surface area contributed by atoms with Gasteiger partial charge < -0.3 is 19.7 Å². The van der Waals surface area contributed by atoms with Gasteiger partial charge in [0.2, 0.25) is 0 Å². The number of hydrogen-bond donors (Lipinski definition) is 1. The minimum absolute atomic E-state index is 0.153. The fourth-order valence-corrected chi connectivity index (χ4v) is 1.91. The highest BCUT2D eigenvalue weighted by Gasteiger charge is 2.28. The normalized spacial score (nSPS) is 13.0. The van der Waals surface area contributed by atoms with Gasteiger partial charge in [-0.1, -0.05) is 32.0 Å². The van der Waals surface area contributed by atoms with E-state index in [4.69, 9.17) is 19.7 Å². The number of nitrogens with zero attached hydrogens (tertiary/aromatic N) is 2. The molecule has 1 unspecified atom stereocenters. The molecule has 2 rings (SSSR count). The summed E-state index contributed by atoms with van der Waals surface area (Å²) in [5.74, 6) is 2.00. The van der Waals surface area contributed by atoms with Crippen molar-refractivity contribution in [2.75, 3.05) is 14.2 Å². The Bertz CT molecular complexity index is 617. The first kappa shape index (κ1) is 15.3. The Balaban J connectivity index is 2.43. The first-order chi connectivity index (χ1) is 9.88. The van der Waals surface area contributed by atoms with E-state index in [2.05, 4.69) is 10.1 Å². The van der Waals surface area contributed by atoms with Crippen LogP contribution in [0.25, 0.3) is 11.5 Å². The molecule has 114 valence electrons. The van der Waals surface area contributed by atoms with Crippen molar-refractivity contribution >= 4 is 0 Å². The van der Waals surface area contributed by atoms with Gasteiger partial charge in [0.05, 0.1) is 25.8 Å². The number of methoxy groups -OCH3 is 2. The van der Waals surface area contributed by atoms with Crippen LogP contribution in [-0.2, 0) is 0 Å². The van der Waals surface area contributed by atoms with Crippen LogP contribution in [0.3, 0.4) is 0 Å². The second kappa shape index (κ2) is 5.73. The van der Waals surface area contributed by atoms with Gasteiger partial charge in [0.1, 0.15) is 0 Å². The van der Waals surface area contributed by atoms with Crippen LogP contribution in [-0.4, -0.2) is 24.4 Å². The van der Waals surface area contributed by atoms with Crippen molar-refractivity contribution < 1.29 is 14.0 Å². The van der Waals surface area contributed by atoms with E-state index in [9.17, 15) is 0 Å². The monoisotopic (exact) mass is 291 g/mol. The van der Waals surface area contributed by atoms with E-state index < -0.39 is 0 Å². The predicted octanol–water partition coefficient (Wildman–Crippen LogP) is 2.80. The number of hydrogen-bond acceptors (Lipinski definition) is 6. The molecule has 0 aliphatic carbocycles. The van der Waals surface area contributed by atoms with E-state index in [1.807, 2.05) is 32.9 Å². The quantitative estimate of drug-likeness (QED) is 0.932. The summed E-state index contributed by atoms with van der Waals surface area (Å²) in [6, 6.07) is 5.16. The molecule has 0 aliphatic rings. The van der Waals surface area contributed by atoms with Crippen LogP contribution in [0.15, 0.2) is 22.7 Å². The van der Waals surface area contributed by atoms with E-state index in [-0.39, 0.29) is 11.5 Å². The lowest BCUT2D eigenvalue weighted by molar-refractivity contribution is 0.303. The topological polar surface area (TPSA) is 83.4 Å². The molecule has 2 N–H and O–H groups in total. The number of ether oxygens (including phenoxy) is 2. The van der Waals surface area contributed by atoms with Gasteiger partial charge in [0.25, 0.3) is 5.89 Å². The SMILES string of the molecule is COc1cccc(-c2nc(C(N)C(C)(C)C)no2)c1OC. The van der Waals surface area contributed by atoms with Crippen LogP contribution in [0.1, 0.15) is 32.6 Å². The summed E-state index contributed by atoms with van der Waals surface area (Å²) < 4.78 is 16.0. The summed E-state index contributed by atoms with van der Waals surface area (Å²) in [4.78, 5) is 4.39. The molecule has 0 spiro atoms. The Kier molecular flexibility index (Phi) is 4.18. The minimum atomic E-state index is -0.313. The number of nitrogens with two attached hydrogens (primary N) is 1. The maximum absolute atomic E-state index is 6.15. The molecule has 0 saturated carbocycles. The molecular weight excluding hydrogens is 270 g/mol. The molecule has 0 amide bonds. The minimum Gasteiger partial charge on any atom is -0.493 e. The van der Waals surface area contributed by atoms with Crippen LogP contribution in [0.2, 0.25) is 0 Å². The Morgan fingerprint density at radius 3 is 2.48 bits per heavy atom. The summed E-state index contributed by atoms with van der Waals surface area (Å²) >= 11 is 0. The van der Waals surface area contributed by atoms with Crippen LogP contribution >= 0.6 is 0 Å². The van der Waals surface area contributed by atoms with Crippen LogP contribution in [0, 0.1) is 5.41 Å². The highest BCUT2D eigenvalue weighted by atomic mass is 16.5. The highest BCUT2D eigenvalue weighted by molar-refractivity contribution is 5.67. The molecular formula is C15H21N3O3. The zero-order valence-electron chi connectivity index (χ0n) is 13.0. The van der Waals surface area contributed by atoms with Crippen molar-refractivity contribution in [3.8, 4) is 23.0 Å². The van der Waals surface area contributed by atoms with Gasteiger partial charge in [-0.05, 0) is 17.5 Å². The molecule has 6 heteroatoms. The van der Waals surface area contributed by atoms with E-state index in [0.29, 0.717) is 28.8 Å². The summed E-state index contributed by atoms with van der Waals surface area (Å²) in [5, 5.41) is 3.98. The summed E-state index contributed by atoms with van der Waals surface area (Å²) in [5.41, 5.74) is 6.67. The van der Waals surface area contributed by atoms with Gasteiger partial charge in [-0.2, -0.15) is 4.98 Å². The van der Waals surface area contributed by atoms with Crippen LogP contribution in [0.5, 0.6) is 11.5 Å². The standard InChI is InChI=1S/C15H21N3O3/c1-15(2,3)12(16)13-17-14(21-18-13)9-7-6-8-10(19-4)11(9)20-5/h6-8,12H,16H2,1-5H3. The average molecular weight is 291 g/mol. The second-order valence-corrected chi connectivity index (χ2v) is 5.84. The van der Waals surface area contributed by atoms with Crippen LogP contribution in [0.4, 0.5) is 0 Å². The van der Waals surface area contributed by atoms with Gasteiger partial charge >= 0.3 is 0 Å². The molecule has 1 aromatic heterocycles. The molecule has 0 saturated heterocycles. The molecule has 1 aromatic carbocycles. The molecule has 1 heterocycles. The third kappa shape index (κ3) is 3.00. The number of rotatable bonds is 4. The Hall–Kier alpha value is -2.08. The van der Waals surface area contributed by atoms with Crippen LogP contribution < -0.4 is 15.2 Å². The number of benzene rings is 1. The third-order valence-electron chi connectivity index (χ3n) is 3.29. The van der Waals surface area contributed by atoms with Crippen molar-refractivity contribution in [1.29, 1.82) is 0 Å². The lowest BCUT2D eigenvalue weighted by Crippen LogP contribution is -2.27. The van der Waals surface area contributed by atoms with E-state index in [1.54, 1.807) is 20.3 Å². The Morgan fingerprint density at radius 2 is 1.90 bits per heavy atom. The molecule has 6 nitrogen and oxygen atoms in total. The van der Waals surface area contributed by atoms with Gasteiger partial charge in [0, 0.05) is 0 Å². The van der Waals surface area contributed by atoms with Gasteiger partial charge in [-0.25, -0.2) is 0 Å². The van der Waals surface area contributed by atoms with Crippen molar-refractivity contribution in [2.24, 2.45) is 11.1 Å². The fourth-order valence-electron chi connectivity index (χ4n) is 1.91. The predicted molar refractivity (Wildman–Crippen MR) is 79.2 cm³/mol. The molecule has 21 heavy (non-hydrogen) atoms. The summed E-state index contributed by atoms with van der Waals surface area (Å²) in [7, 11) is 3.15. The Labute approximate surface area is 124 Å². The molecule has 2 aromatic rings. The van der Waals surface area contributed by atoms with Gasteiger partial charge in [-0.15, -0.1) is 0 Å². The molecule has 0 radical (unpaired) electrons. The van der Waals surface area contributed by atoms with Crippen molar-refractivity contribution in [2.45, 2.75) is 26.8 Å². The molecule has 0 aliphatic heterocycles. The highest BCUT2D eigenvalue weighted by Crippen LogP contribution is 2.38. The first-order valence-electron chi connectivity index (χ1n) is 6.69. The average Bonchev–Trinajstić information content (AvgIpc) is 2.93. The lowest BCUT2D eigenvalue weighted by atomic mass is 9.87. The summed E-state index contributed by atoms with van der Waals surface area (Å²) in [6.45, 7) is 6.08. The molecule has 0 bridgehead atoms.